The van der Waals surface area contributed by atoms with E-state index in [2.05, 4.69) is 10.3 Å². The lowest BCUT2D eigenvalue weighted by molar-refractivity contribution is -0.141. The first-order chi connectivity index (χ1) is 10.3. The van der Waals surface area contributed by atoms with Crippen LogP contribution in [-0.2, 0) is 6.18 Å². The fourth-order valence-electron chi connectivity index (χ4n) is 2.70. The van der Waals surface area contributed by atoms with E-state index in [0.717, 1.165) is 32.0 Å². The SMILES string of the molecule is CCCN(C(=O)c1ccc(C(F)(F)F)nc1C)C1CCNC1. The van der Waals surface area contributed by atoms with E-state index in [0.29, 0.717) is 6.54 Å². The van der Waals surface area contributed by atoms with Crippen LogP contribution < -0.4 is 5.32 Å². The molecule has 1 aliphatic heterocycles. The van der Waals surface area contributed by atoms with Gasteiger partial charge in [-0.1, -0.05) is 6.92 Å². The Hall–Kier alpha value is -1.63. The van der Waals surface area contributed by atoms with Gasteiger partial charge in [0.1, 0.15) is 5.69 Å². The van der Waals surface area contributed by atoms with Crippen molar-refractivity contribution in [3.8, 4) is 0 Å². The Morgan fingerprint density at radius 1 is 1.45 bits per heavy atom. The van der Waals surface area contributed by atoms with Crippen molar-refractivity contribution in [2.45, 2.75) is 38.9 Å². The number of alkyl halides is 3. The predicted octanol–water partition coefficient (Wildman–Crippen LogP) is 2.62. The zero-order valence-corrected chi connectivity index (χ0v) is 12.7. The molecule has 0 bridgehead atoms. The minimum atomic E-state index is -4.50. The van der Waals surface area contributed by atoms with E-state index in [4.69, 9.17) is 0 Å². The van der Waals surface area contributed by atoms with Crippen LogP contribution in [0.4, 0.5) is 13.2 Å². The summed E-state index contributed by atoms with van der Waals surface area (Å²) in [5.74, 6) is -0.241. The molecule has 1 saturated heterocycles. The first-order valence-electron chi connectivity index (χ1n) is 7.41. The fourth-order valence-corrected chi connectivity index (χ4v) is 2.70. The monoisotopic (exact) mass is 315 g/mol. The van der Waals surface area contributed by atoms with E-state index in [1.807, 2.05) is 6.92 Å². The maximum Gasteiger partial charge on any atom is 0.433 e. The molecule has 1 fully saturated rings. The molecule has 122 valence electrons. The average Bonchev–Trinajstić information content (AvgIpc) is 2.96. The highest BCUT2D eigenvalue weighted by atomic mass is 19.4. The predicted molar refractivity (Wildman–Crippen MR) is 76.6 cm³/mol. The summed E-state index contributed by atoms with van der Waals surface area (Å²) < 4.78 is 38.0. The Morgan fingerprint density at radius 3 is 2.68 bits per heavy atom. The van der Waals surface area contributed by atoms with Crippen molar-refractivity contribution < 1.29 is 18.0 Å². The van der Waals surface area contributed by atoms with Gasteiger partial charge in [-0.2, -0.15) is 13.2 Å². The molecule has 0 aliphatic carbocycles. The zero-order valence-electron chi connectivity index (χ0n) is 12.7. The minimum Gasteiger partial charge on any atom is -0.334 e. The fraction of sp³-hybridized carbons (Fsp3) is 0.600. The molecule has 1 atom stereocenters. The van der Waals surface area contributed by atoms with Crippen LogP contribution >= 0.6 is 0 Å². The van der Waals surface area contributed by atoms with E-state index >= 15 is 0 Å². The third-order valence-corrected chi connectivity index (χ3v) is 3.81. The molecule has 4 nitrogen and oxygen atoms in total. The molecular formula is C15H20F3N3O. The first kappa shape index (κ1) is 16.7. The third-order valence-electron chi connectivity index (χ3n) is 3.81. The number of aromatic nitrogens is 1. The van der Waals surface area contributed by atoms with Gasteiger partial charge in [0.15, 0.2) is 0 Å². The summed E-state index contributed by atoms with van der Waals surface area (Å²) in [6.45, 7) is 5.58. The number of hydrogen-bond donors (Lipinski definition) is 1. The summed E-state index contributed by atoms with van der Waals surface area (Å²) in [4.78, 5) is 18.0. The van der Waals surface area contributed by atoms with Crippen molar-refractivity contribution in [3.05, 3.63) is 29.1 Å². The van der Waals surface area contributed by atoms with Gasteiger partial charge in [-0.3, -0.25) is 4.79 Å². The maximum atomic E-state index is 12.7. The summed E-state index contributed by atoms with van der Waals surface area (Å²) in [5.41, 5.74) is -0.605. The van der Waals surface area contributed by atoms with E-state index in [1.165, 1.54) is 13.0 Å². The number of rotatable bonds is 4. The molecule has 2 heterocycles. The number of nitrogens with one attached hydrogen (secondary N) is 1. The lowest BCUT2D eigenvalue weighted by atomic mass is 10.1. The molecule has 1 unspecified atom stereocenters. The molecule has 22 heavy (non-hydrogen) atoms. The minimum absolute atomic E-state index is 0.0918. The Morgan fingerprint density at radius 2 is 2.18 bits per heavy atom. The molecule has 0 radical (unpaired) electrons. The van der Waals surface area contributed by atoms with Gasteiger partial charge in [0, 0.05) is 19.1 Å². The van der Waals surface area contributed by atoms with E-state index < -0.39 is 11.9 Å². The molecule has 7 heteroatoms. The highest BCUT2D eigenvalue weighted by Crippen LogP contribution is 2.28. The standard InChI is InChI=1S/C15H20F3N3O/c1-3-8-21(11-6-7-19-9-11)14(22)12-4-5-13(15(16,17)18)20-10(12)2/h4-5,11,19H,3,6-9H2,1-2H3. The van der Waals surface area contributed by atoms with Crippen LogP contribution in [0.1, 0.15) is 41.5 Å². The molecule has 1 aromatic heterocycles. The number of hydrogen-bond acceptors (Lipinski definition) is 3. The smallest absolute Gasteiger partial charge is 0.334 e. The van der Waals surface area contributed by atoms with E-state index in [-0.39, 0.29) is 23.2 Å². The number of amides is 1. The molecule has 0 aromatic carbocycles. The molecule has 1 N–H and O–H groups in total. The quantitative estimate of drug-likeness (QED) is 0.929. The Kier molecular flexibility index (Phi) is 5.05. The topological polar surface area (TPSA) is 45.2 Å². The van der Waals surface area contributed by atoms with Crippen molar-refractivity contribution in [2.24, 2.45) is 0 Å². The second-order valence-electron chi connectivity index (χ2n) is 5.47. The Bertz CT molecular complexity index is 539. The maximum absolute atomic E-state index is 12.7. The van der Waals surface area contributed by atoms with Crippen molar-refractivity contribution >= 4 is 5.91 Å². The molecule has 2 rings (SSSR count). The van der Waals surface area contributed by atoms with E-state index in [9.17, 15) is 18.0 Å². The lowest BCUT2D eigenvalue weighted by Crippen LogP contribution is -2.42. The number of halogens is 3. The van der Waals surface area contributed by atoms with Crippen LogP contribution in [0.15, 0.2) is 12.1 Å². The molecule has 1 aromatic rings. The van der Waals surface area contributed by atoms with Crippen molar-refractivity contribution in [1.29, 1.82) is 0 Å². The third kappa shape index (κ3) is 3.58. The van der Waals surface area contributed by atoms with Gasteiger partial charge < -0.3 is 10.2 Å². The van der Waals surface area contributed by atoms with Crippen LogP contribution in [0.25, 0.3) is 0 Å². The highest BCUT2D eigenvalue weighted by molar-refractivity contribution is 5.95. The molecule has 1 aliphatic rings. The van der Waals surface area contributed by atoms with Gasteiger partial charge in [-0.25, -0.2) is 4.98 Å². The van der Waals surface area contributed by atoms with Gasteiger partial charge in [0.05, 0.1) is 11.3 Å². The largest absolute Gasteiger partial charge is 0.433 e. The number of aryl methyl sites for hydroxylation is 1. The number of nitrogens with zero attached hydrogens (tertiary/aromatic N) is 2. The summed E-state index contributed by atoms with van der Waals surface area (Å²) in [6.07, 6.45) is -2.83. The first-order valence-corrected chi connectivity index (χ1v) is 7.41. The summed E-state index contributed by atoms with van der Waals surface area (Å²) >= 11 is 0. The normalized spacial score (nSPS) is 18.5. The lowest BCUT2D eigenvalue weighted by Gasteiger charge is -2.28. The van der Waals surface area contributed by atoms with Gasteiger partial charge in [-0.15, -0.1) is 0 Å². The van der Waals surface area contributed by atoms with Gasteiger partial charge in [0.2, 0.25) is 0 Å². The molecular weight excluding hydrogens is 295 g/mol. The average molecular weight is 315 g/mol. The number of pyridine rings is 1. The van der Waals surface area contributed by atoms with Crippen LogP contribution in [0.3, 0.4) is 0 Å². The van der Waals surface area contributed by atoms with Crippen LogP contribution in [0.5, 0.6) is 0 Å². The summed E-state index contributed by atoms with van der Waals surface area (Å²) in [6, 6.07) is 2.20. The Balaban J connectivity index is 2.26. The van der Waals surface area contributed by atoms with E-state index in [1.54, 1.807) is 4.90 Å². The van der Waals surface area contributed by atoms with Crippen molar-refractivity contribution in [2.75, 3.05) is 19.6 Å². The second-order valence-corrected chi connectivity index (χ2v) is 5.47. The number of carbonyl (C=O) groups excluding carboxylic acids is 1. The van der Waals surface area contributed by atoms with Crippen molar-refractivity contribution in [3.63, 3.8) is 0 Å². The van der Waals surface area contributed by atoms with Gasteiger partial charge in [-0.05, 0) is 38.4 Å². The summed E-state index contributed by atoms with van der Waals surface area (Å²) in [7, 11) is 0. The number of carbonyl (C=O) groups is 1. The summed E-state index contributed by atoms with van der Waals surface area (Å²) in [5, 5.41) is 3.20. The molecule has 1 amide bonds. The van der Waals surface area contributed by atoms with Crippen LogP contribution in [-0.4, -0.2) is 41.5 Å². The van der Waals surface area contributed by atoms with Crippen molar-refractivity contribution in [1.82, 2.24) is 15.2 Å². The van der Waals surface area contributed by atoms with Gasteiger partial charge >= 0.3 is 6.18 Å². The second kappa shape index (κ2) is 6.64. The van der Waals surface area contributed by atoms with Gasteiger partial charge in [0.25, 0.3) is 5.91 Å². The zero-order chi connectivity index (χ0) is 16.3. The van der Waals surface area contributed by atoms with Crippen LogP contribution in [0.2, 0.25) is 0 Å². The Labute approximate surface area is 127 Å². The van der Waals surface area contributed by atoms with Crippen LogP contribution in [0, 0.1) is 6.92 Å². The highest BCUT2D eigenvalue weighted by Gasteiger charge is 2.34. The molecule has 0 saturated carbocycles. The molecule has 0 spiro atoms.